The first-order chi connectivity index (χ1) is 3.91. The Kier molecular flexibility index (Phi) is 16.3. The van der Waals surface area contributed by atoms with Gasteiger partial charge in [-0.3, -0.25) is 0 Å². The third-order valence-electron chi connectivity index (χ3n) is 1.09. The first-order valence-corrected chi connectivity index (χ1v) is 4.30. The molecule has 0 unspecified atom stereocenters. The summed E-state index contributed by atoms with van der Waals surface area (Å²) in [7, 11) is 0. The van der Waals surface area contributed by atoms with E-state index in [1.807, 2.05) is 0 Å². The summed E-state index contributed by atoms with van der Waals surface area (Å²) in [5, 5.41) is 1.14. The molecule has 0 atom stereocenters. The zero-order valence-electron chi connectivity index (χ0n) is 5.58. The van der Waals surface area contributed by atoms with Crippen LogP contribution in [-0.2, 0) is 0 Å². The minimum atomic E-state index is 0. The molecule has 0 spiro atoms. The van der Waals surface area contributed by atoms with E-state index < -0.39 is 0 Å². The van der Waals surface area contributed by atoms with Crippen molar-refractivity contribution in [3.63, 3.8) is 0 Å². The normalized spacial score (nSPS) is 8.67. The zero-order chi connectivity index (χ0) is 6.24. The molecule has 0 amide bonds. The van der Waals surface area contributed by atoms with Crippen LogP contribution in [-0.4, -0.2) is 11.9 Å². The van der Waals surface area contributed by atoms with E-state index in [1.54, 1.807) is 0 Å². The summed E-state index contributed by atoms with van der Waals surface area (Å²) in [4.78, 5) is 0. The van der Waals surface area contributed by atoms with Gasteiger partial charge in [0.2, 0.25) is 0 Å². The van der Waals surface area contributed by atoms with Crippen LogP contribution in [0, 0.1) is 0 Å². The molecule has 0 aromatic carbocycles. The van der Waals surface area contributed by atoms with Gasteiger partial charge in [-0.05, 0) is 19.4 Å². The number of unbranched alkanes of at least 4 members (excludes halogenated alkanes) is 3. The molecule has 0 aliphatic heterocycles. The molecule has 1 nitrogen and oxygen atoms in total. The molecule has 0 bridgehead atoms. The lowest BCUT2D eigenvalue weighted by atomic mass is 10.2. The Morgan fingerprint density at radius 3 is 2.00 bits per heavy atom. The van der Waals surface area contributed by atoms with E-state index in [1.165, 1.54) is 25.7 Å². The fraction of sp³-hybridized carbons (Fsp3) is 1.00. The number of rotatable bonds is 5. The average Bonchev–Trinajstić information content (AvgIpc) is 1.81. The fourth-order valence-electron chi connectivity index (χ4n) is 0.592. The number of halogens is 2. The van der Waals surface area contributed by atoms with E-state index >= 15 is 0 Å². The van der Waals surface area contributed by atoms with Crippen LogP contribution in [0.3, 0.4) is 0 Å². The minimum absolute atomic E-state index is 0. The molecule has 9 heavy (non-hydrogen) atoms. The van der Waals surface area contributed by atoms with Crippen molar-refractivity contribution in [1.82, 2.24) is 0 Å². The Bertz CT molecular complexity index is 36.0. The van der Waals surface area contributed by atoms with E-state index in [-0.39, 0.29) is 17.0 Å². The molecule has 58 valence electrons. The Hall–Kier alpha value is 0.920. The van der Waals surface area contributed by atoms with Crippen molar-refractivity contribution in [2.24, 2.45) is 5.73 Å². The van der Waals surface area contributed by atoms with Crippen molar-refractivity contribution < 1.29 is 17.0 Å². The second-order valence-corrected chi connectivity index (χ2v) is 2.68. The predicted octanol–water partition coefficient (Wildman–Crippen LogP) is -1.10. The van der Waals surface area contributed by atoms with Crippen molar-refractivity contribution in [3.8, 4) is 0 Å². The predicted molar refractivity (Wildman–Crippen MR) is 41.3 cm³/mol. The highest BCUT2D eigenvalue weighted by Gasteiger charge is 1.84. The minimum Gasteiger partial charge on any atom is -1.00 e. The summed E-state index contributed by atoms with van der Waals surface area (Å²) in [6.07, 6.45) is 5.09. The van der Waals surface area contributed by atoms with Crippen LogP contribution >= 0.6 is 15.9 Å². The lowest BCUT2D eigenvalue weighted by molar-refractivity contribution is -0.00000176. The number of hydrogen-bond acceptors (Lipinski definition) is 1. The van der Waals surface area contributed by atoms with Crippen molar-refractivity contribution >= 4 is 15.9 Å². The Labute approximate surface area is 76.3 Å². The second-order valence-electron chi connectivity index (χ2n) is 1.89. The van der Waals surface area contributed by atoms with Gasteiger partial charge in [-0.1, -0.05) is 28.8 Å². The highest BCUT2D eigenvalue weighted by atomic mass is 79.9. The first kappa shape index (κ1) is 12.6. The van der Waals surface area contributed by atoms with E-state index in [9.17, 15) is 0 Å². The maximum absolute atomic E-state index is 5.30. The molecule has 3 heteroatoms. The Morgan fingerprint density at radius 2 is 1.56 bits per heavy atom. The Morgan fingerprint density at radius 1 is 1.00 bits per heavy atom. The molecule has 0 aliphatic rings. The van der Waals surface area contributed by atoms with Crippen molar-refractivity contribution in [2.45, 2.75) is 25.7 Å². The smallest absolute Gasteiger partial charge is 0.00313 e. The van der Waals surface area contributed by atoms with Gasteiger partial charge in [-0.15, -0.1) is 0 Å². The molecule has 0 saturated heterocycles. The number of nitrogens with two attached hydrogens (primary N) is 1. The summed E-state index contributed by atoms with van der Waals surface area (Å²) >= 11 is 3.37. The van der Waals surface area contributed by atoms with E-state index in [4.69, 9.17) is 5.73 Å². The van der Waals surface area contributed by atoms with Gasteiger partial charge in [0.1, 0.15) is 0 Å². The third kappa shape index (κ3) is 12.2. The van der Waals surface area contributed by atoms with Gasteiger partial charge in [0, 0.05) is 5.33 Å². The maximum Gasteiger partial charge on any atom is 0.00313 e. The standard InChI is InChI=1S/C6H14BrN.BrH/c7-5-3-1-2-4-6-8;/h1-6,8H2;1H/p-1. The van der Waals surface area contributed by atoms with E-state index in [2.05, 4.69) is 15.9 Å². The van der Waals surface area contributed by atoms with Crippen LogP contribution < -0.4 is 22.7 Å². The molecule has 0 saturated carbocycles. The Balaban J connectivity index is 0. The molecule has 0 rings (SSSR count). The van der Waals surface area contributed by atoms with Crippen LogP contribution in [0.25, 0.3) is 0 Å². The van der Waals surface area contributed by atoms with Gasteiger partial charge >= 0.3 is 0 Å². The molecule has 0 aromatic rings. The number of alkyl halides is 1. The lowest BCUT2D eigenvalue weighted by Gasteiger charge is -1.93. The van der Waals surface area contributed by atoms with Crippen molar-refractivity contribution in [2.75, 3.05) is 11.9 Å². The van der Waals surface area contributed by atoms with Gasteiger partial charge in [-0.25, -0.2) is 0 Å². The molecule has 0 aromatic heterocycles. The number of hydrogen-bond donors (Lipinski definition) is 1. The average molecular weight is 260 g/mol. The quantitative estimate of drug-likeness (QED) is 0.493. The van der Waals surface area contributed by atoms with Crippen molar-refractivity contribution in [1.29, 1.82) is 0 Å². The summed E-state index contributed by atoms with van der Waals surface area (Å²) in [6, 6.07) is 0. The van der Waals surface area contributed by atoms with Gasteiger partial charge in [0.25, 0.3) is 0 Å². The topological polar surface area (TPSA) is 26.0 Å². The monoisotopic (exact) mass is 258 g/mol. The largest absolute Gasteiger partial charge is 1.00 e. The van der Waals surface area contributed by atoms with Crippen LogP contribution in [0.5, 0.6) is 0 Å². The third-order valence-corrected chi connectivity index (χ3v) is 1.65. The molecule has 0 heterocycles. The molecule has 0 aliphatic carbocycles. The van der Waals surface area contributed by atoms with Gasteiger partial charge in [0.05, 0.1) is 0 Å². The van der Waals surface area contributed by atoms with Crippen LogP contribution in [0.1, 0.15) is 25.7 Å². The maximum atomic E-state index is 5.30. The van der Waals surface area contributed by atoms with E-state index in [0.29, 0.717) is 0 Å². The summed E-state index contributed by atoms with van der Waals surface area (Å²) in [5.41, 5.74) is 5.30. The first-order valence-electron chi connectivity index (χ1n) is 3.18. The van der Waals surface area contributed by atoms with Gasteiger partial charge < -0.3 is 22.7 Å². The van der Waals surface area contributed by atoms with Crippen molar-refractivity contribution in [3.05, 3.63) is 0 Å². The summed E-state index contributed by atoms with van der Waals surface area (Å²) in [5.74, 6) is 0. The highest BCUT2D eigenvalue weighted by Crippen LogP contribution is 1.99. The molecular formula is C6H14Br2N-. The van der Waals surface area contributed by atoms with Crippen LogP contribution in [0.15, 0.2) is 0 Å². The molecule has 0 fully saturated rings. The summed E-state index contributed by atoms with van der Waals surface area (Å²) in [6.45, 7) is 0.849. The highest BCUT2D eigenvalue weighted by molar-refractivity contribution is 9.09. The van der Waals surface area contributed by atoms with Crippen LogP contribution in [0.2, 0.25) is 0 Å². The SMILES string of the molecule is NCCCCCCBr.[Br-]. The lowest BCUT2D eigenvalue weighted by Crippen LogP contribution is -3.00. The molecular weight excluding hydrogens is 246 g/mol. The second kappa shape index (κ2) is 11.7. The fourth-order valence-corrected chi connectivity index (χ4v) is 0.989. The van der Waals surface area contributed by atoms with Gasteiger partial charge in [-0.2, -0.15) is 0 Å². The molecule has 0 radical (unpaired) electrons. The van der Waals surface area contributed by atoms with Crippen LogP contribution in [0.4, 0.5) is 0 Å². The summed E-state index contributed by atoms with van der Waals surface area (Å²) < 4.78 is 0. The van der Waals surface area contributed by atoms with Gasteiger partial charge in [0.15, 0.2) is 0 Å². The van der Waals surface area contributed by atoms with E-state index in [0.717, 1.165) is 11.9 Å². The molecule has 2 N–H and O–H groups in total. The zero-order valence-corrected chi connectivity index (χ0v) is 8.75.